The number of nitriles is 1. The van der Waals surface area contributed by atoms with Gasteiger partial charge >= 0.3 is 0 Å². The molecule has 1 amide bonds. The Bertz CT molecular complexity index is 429. The number of hydrogen-bond acceptors (Lipinski definition) is 3. The first-order valence-electron chi connectivity index (χ1n) is 5.81. The van der Waals surface area contributed by atoms with E-state index in [2.05, 4.69) is 10.6 Å². The standard InChI is InChI=1S/C13H15N3O/c14-9-10-1-3-12(4-2-10)16-13(17)7-8-15-11-5-6-11/h1-4,11,15H,5-8H2,(H,16,17). The summed E-state index contributed by atoms with van der Waals surface area (Å²) in [4.78, 5) is 11.6. The summed E-state index contributed by atoms with van der Waals surface area (Å²) in [5.41, 5.74) is 1.33. The van der Waals surface area contributed by atoms with Crippen molar-refractivity contribution in [2.45, 2.75) is 25.3 Å². The van der Waals surface area contributed by atoms with Gasteiger partial charge in [-0.3, -0.25) is 4.79 Å². The maximum Gasteiger partial charge on any atom is 0.225 e. The molecular weight excluding hydrogens is 214 g/mol. The van der Waals surface area contributed by atoms with Crippen LogP contribution in [0.2, 0.25) is 0 Å². The van der Waals surface area contributed by atoms with Crippen LogP contribution in [-0.4, -0.2) is 18.5 Å². The zero-order valence-corrected chi connectivity index (χ0v) is 9.57. The van der Waals surface area contributed by atoms with E-state index in [1.54, 1.807) is 24.3 Å². The minimum atomic E-state index is 0.00265. The van der Waals surface area contributed by atoms with Crippen molar-refractivity contribution < 1.29 is 4.79 Å². The average Bonchev–Trinajstić information content (AvgIpc) is 3.14. The summed E-state index contributed by atoms with van der Waals surface area (Å²) in [6.07, 6.45) is 2.95. The van der Waals surface area contributed by atoms with Gasteiger partial charge in [-0.05, 0) is 37.1 Å². The number of nitrogens with one attached hydrogen (secondary N) is 2. The molecule has 88 valence electrons. The van der Waals surface area contributed by atoms with Gasteiger partial charge in [0.1, 0.15) is 0 Å². The van der Waals surface area contributed by atoms with Crippen LogP contribution in [0.3, 0.4) is 0 Å². The van der Waals surface area contributed by atoms with E-state index in [1.165, 1.54) is 12.8 Å². The summed E-state index contributed by atoms with van der Waals surface area (Å²) in [7, 11) is 0. The monoisotopic (exact) mass is 229 g/mol. The largest absolute Gasteiger partial charge is 0.326 e. The second-order valence-corrected chi connectivity index (χ2v) is 4.22. The van der Waals surface area contributed by atoms with Crippen LogP contribution in [0.25, 0.3) is 0 Å². The SMILES string of the molecule is N#Cc1ccc(NC(=O)CCNC2CC2)cc1. The fraction of sp³-hybridized carbons (Fsp3) is 0.385. The minimum absolute atomic E-state index is 0.00265. The summed E-state index contributed by atoms with van der Waals surface area (Å²) in [6, 6.07) is 9.54. The summed E-state index contributed by atoms with van der Waals surface area (Å²) < 4.78 is 0. The van der Waals surface area contributed by atoms with E-state index in [0.717, 1.165) is 12.2 Å². The lowest BCUT2D eigenvalue weighted by molar-refractivity contribution is -0.116. The van der Waals surface area contributed by atoms with Gasteiger partial charge in [0.05, 0.1) is 11.6 Å². The predicted molar refractivity (Wildman–Crippen MR) is 65.4 cm³/mol. The number of anilines is 1. The predicted octanol–water partition coefficient (Wildman–Crippen LogP) is 1.64. The van der Waals surface area contributed by atoms with Crippen LogP contribution in [0.5, 0.6) is 0 Å². The Morgan fingerprint density at radius 1 is 1.35 bits per heavy atom. The van der Waals surface area contributed by atoms with Crippen LogP contribution in [0.1, 0.15) is 24.8 Å². The number of hydrogen-bond donors (Lipinski definition) is 2. The van der Waals surface area contributed by atoms with E-state index in [-0.39, 0.29) is 5.91 Å². The van der Waals surface area contributed by atoms with Gasteiger partial charge in [-0.15, -0.1) is 0 Å². The molecule has 17 heavy (non-hydrogen) atoms. The highest BCUT2D eigenvalue weighted by Crippen LogP contribution is 2.18. The third-order valence-corrected chi connectivity index (χ3v) is 2.66. The molecule has 0 radical (unpaired) electrons. The lowest BCUT2D eigenvalue weighted by Gasteiger charge is -2.05. The number of carbonyl (C=O) groups excluding carboxylic acids is 1. The Hall–Kier alpha value is -1.86. The van der Waals surface area contributed by atoms with Crippen LogP contribution in [0, 0.1) is 11.3 Å². The van der Waals surface area contributed by atoms with Crippen molar-refractivity contribution in [1.29, 1.82) is 5.26 Å². The maximum atomic E-state index is 11.6. The first-order valence-corrected chi connectivity index (χ1v) is 5.81. The second-order valence-electron chi connectivity index (χ2n) is 4.22. The van der Waals surface area contributed by atoms with Crippen LogP contribution >= 0.6 is 0 Å². The second kappa shape index (κ2) is 5.46. The lowest BCUT2D eigenvalue weighted by atomic mass is 10.2. The Morgan fingerprint density at radius 2 is 2.06 bits per heavy atom. The quantitative estimate of drug-likeness (QED) is 0.806. The summed E-state index contributed by atoms with van der Waals surface area (Å²) in [5.74, 6) is 0.00265. The fourth-order valence-electron chi connectivity index (χ4n) is 1.53. The van der Waals surface area contributed by atoms with Crippen molar-refractivity contribution in [3.63, 3.8) is 0 Å². The highest BCUT2D eigenvalue weighted by Gasteiger charge is 2.19. The molecule has 0 aromatic heterocycles. The summed E-state index contributed by atoms with van der Waals surface area (Å²) >= 11 is 0. The van der Waals surface area contributed by atoms with Crippen LogP contribution in [0.15, 0.2) is 24.3 Å². The topological polar surface area (TPSA) is 64.9 Å². The molecule has 0 spiro atoms. The Balaban J connectivity index is 1.74. The van der Waals surface area contributed by atoms with E-state index >= 15 is 0 Å². The molecule has 2 N–H and O–H groups in total. The number of benzene rings is 1. The molecule has 0 heterocycles. The van der Waals surface area contributed by atoms with E-state index < -0.39 is 0 Å². The van der Waals surface area contributed by atoms with Crippen molar-refractivity contribution in [2.75, 3.05) is 11.9 Å². The Labute approximate surface area is 101 Å². The van der Waals surface area contributed by atoms with E-state index in [4.69, 9.17) is 5.26 Å². The minimum Gasteiger partial charge on any atom is -0.326 e. The molecule has 4 heteroatoms. The Kier molecular flexibility index (Phi) is 3.73. The van der Waals surface area contributed by atoms with Gasteiger partial charge in [-0.25, -0.2) is 0 Å². The lowest BCUT2D eigenvalue weighted by Crippen LogP contribution is -2.23. The van der Waals surface area contributed by atoms with Gasteiger partial charge in [0.25, 0.3) is 0 Å². The molecule has 1 aromatic carbocycles. The van der Waals surface area contributed by atoms with Crippen LogP contribution in [-0.2, 0) is 4.79 Å². The zero-order chi connectivity index (χ0) is 12.1. The van der Waals surface area contributed by atoms with Crippen molar-refractivity contribution in [3.05, 3.63) is 29.8 Å². The molecule has 4 nitrogen and oxygen atoms in total. The molecule has 1 saturated carbocycles. The number of carbonyl (C=O) groups is 1. The van der Waals surface area contributed by atoms with E-state index in [0.29, 0.717) is 18.0 Å². The number of nitrogens with zero attached hydrogens (tertiary/aromatic N) is 1. The van der Waals surface area contributed by atoms with Crippen molar-refractivity contribution in [2.24, 2.45) is 0 Å². The smallest absolute Gasteiger partial charge is 0.225 e. The molecule has 0 aliphatic heterocycles. The fourth-order valence-corrected chi connectivity index (χ4v) is 1.53. The van der Waals surface area contributed by atoms with Crippen molar-refractivity contribution in [3.8, 4) is 6.07 Å². The van der Waals surface area contributed by atoms with E-state index in [9.17, 15) is 4.79 Å². The highest BCUT2D eigenvalue weighted by molar-refractivity contribution is 5.90. The van der Waals surface area contributed by atoms with Gasteiger partial charge < -0.3 is 10.6 Å². The van der Waals surface area contributed by atoms with Crippen molar-refractivity contribution in [1.82, 2.24) is 5.32 Å². The van der Waals surface area contributed by atoms with Crippen LogP contribution in [0.4, 0.5) is 5.69 Å². The van der Waals surface area contributed by atoms with Gasteiger partial charge in [0.2, 0.25) is 5.91 Å². The first-order chi connectivity index (χ1) is 8.28. The maximum absolute atomic E-state index is 11.6. The normalized spacial score (nSPS) is 14.1. The van der Waals surface area contributed by atoms with Crippen molar-refractivity contribution >= 4 is 11.6 Å². The third-order valence-electron chi connectivity index (χ3n) is 2.66. The number of rotatable bonds is 5. The zero-order valence-electron chi connectivity index (χ0n) is 9.57. The molecule has 0 atom stereocenters. The first kappa shape index (κ1) is 11.6. The molecular formula is C13H15N3O. The molecule has 0 unspecified atom stereocenters. The average molecular weight is 229 g/mol. The molecule has 2 rings (SSSR count). The third kappa shape index (κ3) is 3.89. The van der Waals surface area contributed by atoms with Gasteiger partial charge in [0, 0.05) is 24.7 Å². The van der Waals surface area contributed by atoms with Gasteiger partial charge in [-0.1, -0.05) is 0 Å². The summed E-state index contributed by atoms with van der Waals surface area (Å²) in [5, 5.41) is 14.7. The molecule has 1 fully saturated rings. The van der Waals surface area contributed by atoms with Gasteiger partial charge in [-0.2, -0.15) is 5.26 Å². The van der Waals surface area contributed by atoms with Crippen LogP contribution < -0.4 is 10.6 Å². The Morgan fingerprint density at radius 3 is 2.65 bits per heavy atom. The summed E-state index contributed by atoms with van der Waals surface area (Å²) in [6.45, 7) is 0.729. The molecule has 1 aliphatic rings. The molecule has 0 bridgehead atoms. The molecule has 0 saturated heterocycles. The number of amides is 1. The molecule has 1 aliphatic carbocycles. The van der Waals surface area contributed by atoms with Gasteiger partial charge in [0.15, 0.2) is 0 Å². The van der Waals surface area contributed by atoms with E-state index in [1.807, 2.05) is 6.07 Å². The highest BCUT2D eigenvalue weighted by atomic mass is 16.1. The molecule has 1 aromatic rings.